The van der Waals surface area contributed by atoms with E-state index in [-0.39, 0.29) is 6.04 Å². The number of rotatable bonds is 6. The summed E-state index contributed by atoms with van der Waals surface area (Å²) in [5.74, 6) is -0.124. The van der Waals surface area contributed by atoms with Crippen LogP contribution in [0.2, 0.25) is 0 Å². The van der Waals surface area contributed by atoms with Crippen LogP contribution >= 0.6 is 11.3 Å². The van der Waals surface area contributed by atoms with Crippen LogP contribution in [0.15, 0.2) is 24.3 Å². The highest BCUT2D eigenvalue weighted by Crippen LogP contribution is 2.28. The van der Waals surface area contributed by atoms with Gasteiger partial charge in [0.1, 0.15) is 11.1 Å². The fourth-order valence-corrected chi connectivity index (χ4v) is 3.37. The molecule has 1 heterocycles. The van der Waals surface area contributed by atoms with Gasteiger partial charge in [0.2, 0.25) is 0 Å². The van der Waals surface area contributed by atoms with Crippen molar-refractivity contribution < 1.29 is 15.0 Å². The zero-order valence-corrected chi connectivity index (χ0v) is 13.8. The van der Waals surface area contributed by atoms with Gasteiger partial charge in [-0.2, -0.15) is 0 Å². The van der Waals surface area contributed by atoms with E-state index >= 15 is 0 Å². The Balaban J connectivity index is 2.04. The maximum atomic E-state index is 12.0. The Morgan fingerprint density at radius 2 is 1.95 bits per heavy atom. The monoisotopic (exact) mass is 322 g/mol. The summed E-state index contributed by atoms with van der Waals surface area (Å²) in [7, 11) is 0. The van der Waals surface area contributed by atoms with Crippen LogP contribution in [-0.2, 0) is 4.79 Å². The number of benzene rings is 1. The fourth-order valence-electron chi connectivity index (χ4n) is 2.39. The third kappa shape index (κ3) is 4.03. The molecule has 0 aliphatic rings. The summed E-state index contributed by atoms with van der Waals surface area (Å²) >= 11 is 1.28. The standard InChI is InChI=1S/C16H22N2O3S/c1-9(2)8-10(3)17-15(21)13(19)14(20)16-18-11-6-4-5-7-12(11)22-16/h4-7,9-10,13-14,19-20H,8H2,1-3H3,(H,17,21)/t10-,13+,14-/m0/s1. The number of hydrogen-bond acceptors (Lipinski definition) is 5. The van der Waals surface area contributed by atoms with Crippen LogP contribution in [0.1, 0.15) is 38.3 Å². The van der Waals surface area contributed by atoms with Crippen molar-refractivity contribution in [2.75, 3.05) is 0 Å². The van der Waals surface area contributed by atoms with Gasteiger partial charge < -0.3 is 15.5 Å². The van der Waals surface area contributed by atoms with Crippen molar-refractivity contribution in [3.05, 3.63) is 29.3 Å². The Bertz CT molecular complexity index is 608. The molecule has 1 aromatic heterocycles. The number of nitrogens with one attached hydrogen (secondary N) is 1. The van der Waals surface area contributed by atoms with Crippen LogP contribution in [0, 0.1) is 5.92 Å². The maximum absolute atomic E-state index is 12.0. The van der Waals surface area contributed by atoms with Crippen molar-refractivity contribution in [3.8, 4) is 0 Å². The van der Waals surface area contributed by atoms with Gasteiger partial charge in [0.15, 0.2) is 6.10 Å². The Morgan fingerprint density at radius 3 is 2.59 bits per heavy atom. The van der Waals surface area contributed by atoms with Crippen LogP contribution < -0.4 is 5.32 Å². The van der Waals surface area contributed by atoms with Gasteiger partial charge in [-0.05, 0) is 31.4 Å². The first kappa shape index (κ1) is 16.9. The highest BCUT2D eigenvalue weighted by molar-refractivity contribution is 7.18. The molecule has 2 aromatic rings. The molecule has 0 radical (unpaired) electrons. The van der Waals surface area contributed by atoms with Gasteiger partial charge >= 0.3 is 0 Å². The highest BCUT2D eigenvalue weighted by atomic mass is 32.1. The smallest absolute Gasteiger partial charge is 0.252 e. The number of fused-ring (bicyclic) bond motifs is 1. The summed E-state index contributed by atoms with van der Waals surface area (Å²) in [6.07, 6.45) is -2.02. The normalized spacial score (nSPS) is 15.7. The second kappa shape index (κ2) is 7.17. The average molecular weight is 322 g/mol. The quantitative estimate of drug-likeness (QED) is 0.762. The predicted molar refractivity (Wildman–Crippen MR) is 87.6 cm³/mol. The van der Waals surface area contributed by atoms with Crippen LogP contribution in [-0.4, -0.2) is 33.3 Å². The van der Waals surface area contributed by atoms with Crippen molar-refractivity contribution in [1.82, 2.24) is 10.3 Å². The molecule has 1 aromatic carbocycles. The zero-order valence-electron chi connectivity index (χ0n) is 13.0. The molecule has 0 fully saturated rings. The molecule has 6 heteroatoms. The lowest BCUT2D eigenvalue weighted by atomic mass is 10.0. The number of para-hydroxylation sites is 1. The van der Waals surface area contributed by atoms with Crippen LogP contribution in [0.4, 0.5) is 0 Å². The molecule has 0 bridgehead atoms. The van der Waals surface area contributed by atoms with Crippen LogP contribution in [0.25, 0.3) is 10.2 Å². The van der Waals surface area contributed by atoms with E-state index < -0.39 is 18.1 Å². The van der Waals surface area contributed by atoms with Crippen molar-refractivity contribution in [2.24, 2.45) is 5.92 Å². The molecule has 0 saturated carbocycles. The first-order valence-corrected chi connectivity index (χ1v) is 8.22. The number of nitrogens with zero attached hydrogens (tertiary/aromatic N) is 1. The van der Waals surface area contributed by atoms with Gasteiger partial charge in [-0.1, -0.05) is 26.0 Å². The molecule has 1 amide bonds. The van der Waals surface area contributed by atoms with E-state index in [4.69, 9.17) is 0 Å². The van der Waals surface area contributed by atoms with Crippen molar-refractivity contribution in [3.63, 3.8) is 0 Å². The molecular formula is C16H22N2O3S. The van der Waals surface area contributed by atoms with Crippen molar-refractivity contribution in [2.45, 2.75) is 45.4 Å². The Labute approximate surface area is 134 Å². The van der Waals surface area contributed by atoms with E-state index in [1.165, 1.54) is 11.3 Å². The minimum absolute atomic E-state index is 0.0512. The number of carbonyl (C=O) groups is 1. The summed E-state index contributed by atoms with van der Waals surface area (Å²) in [5, 5.41) is 23.3. The number of amides is 1. The summed E-state index contributed by atoms with van der Waals surface area (Å²) < 4.78 is 0.914. The topological polar surface area (TPSA) is 82.5 Å². The minimum atomic E-state index is -1.52. The van der Waals surface area contributed by atoms with Gasteiger partial charge in [0.05, 0.1) is 10.2 Å². The second-order valence-corrected chi connectivity index (χ2v) is 7.01. The molecule has 5 nitrogen and oxygen atoms in total. The molecule has 0 aliphatic carbocycles. The highest BCUT2D eigenvalue weighted by Gasteiger charge is 2.29. The van der Waals surface area contributed by atoms with Gasteiger partial charge in [-0.15, -0.1) is 11.3 Å². The lowest BCUT2D eigenvalue weighted by Gasteiger charge is -2.20. The number of aromatic nitrogens is 1. The van der Waals surface area contributed by atoms with Crippen molar-refractivity contribution in [1.29, 1.82) is 0 Å². The predicted octanol–water partition coefficient (Wildman–Crippen LogP) is 2.24. The molecular weight excluding hydrogens is 300 g/mol. The van der Waals surface area contributed by atoms with Gasteiger partial charge in [-0.25, -0.2) is 4.98 Å². The molecule has 3 N–H and O–H groups in total. The largest absolute Gasteiger partial charge is 0.383 e. The summed E-state index contributed by atoms with van der Waals surface area (Å²) in [5.41, 5.74) is 0.752. The molecule has 120 valence electrons. The Morgan fingerprint density at radius 1 is 1.27 bits per heavy atom. The lowest BCUT2D eigenvalue weighted by molar-refractivity contribution is -0.136. The van der Waals surface area contributed by atoms with Gasteiger partial charge in [-0.3, -0.25) is 4.79 Å². The number of carbonyl (C=O) groups excluding carboxylic acids is 1. The Kier molecular flexibility index (Phi) is 5.50. The number of hydrogen-bond donors (Lipinski definition) is 3. The summed E-state index contributed by atoms with van der Waals surface area (Å²) in [6.45, 7) is 6.01. The summed E-state index contributed by atoms with van der Waals surface area (Å²) in [6, 6.07) is 7.41. The van der Waals surface area contributed by atoms with Gasteiger partial charge in [0, 0.05) is 6.04 Å². The SMILES string of the molecule is CC(C)C[C@H](C)NC(=O)[C@H](O)[C@H](O)c1nc2ccccc2s1. The average Bonchev–Trinajstić information content (AvgIpc) is 2.88. The number of thiazole rings is 1. The van der Waals surface area contributed by atoms with E-state index in [1.807, 2.05) is 31.2 Å². The Hall–Kier alpha value is -1.50. The molecule has 0 saturated heterocycles. The fraction of sp³-hybridized carbons (Fsp3) is 0.500. The van der Waals surface area contributed by atoms with E-state index in [0.717, 1.165) is 16.6 Å². The molecule has 0 aliphatic heterocycles. The van der Waals surface area contributed by atoms with Crippen LogP contribution in [0.3, 0.4) is 0 Å². The van der Waals surface area contributed by atoms with Gasteiger partial charge in [0.25, 0.3) is 5.91 Å². The third-order valence-corrected chi connectivity index (χ3v) is 4.45. The zero-order chi connectivity index (χ0) is 16.3. The van der Waals surface area contributed by atoms with Crippen LogP contribution in [0.5, 0.6) is 0 Å². The molecule has 0 spiro atoms. The minimum Gasteiger partial charge on any atom is -0.383 e. The first-order chi connectivity index (χ1) is 10.4. The maximum Gasteiger partial charge on any atom is 0.252 e. The van der Waals surface area contributed by atoms with E-state index in [9.17, 15) is 15.0 Å². The lowest BCUT2D eigenvalue weighted by Crippen LogP contribution is -2.43. The van der Waals surface area contributed by atoms with Crippen molar-refractivity contribution >= 4 is 27.5 Å². The third-order valence-electron chi connectivity index (χ3n) is 3.34. The summed E-state index contributed by atoms with van der Waals surface area (Å²) in [4.78, 5) is 16.3. The molecule has 0 unspecified atom stereocenters. The molecule has 3 atom stereocenters. The first-order valence-electron chi connectivity index (χ1n) is 7.40. The van der Waals surface area contributed by atoms with E-state index in [0.29, 0.717) is 10.9 Å². The number of aliphatic hydroxyl groups excluding tert-OH is 2. The molecule has 22 heavy (non-hydrogen) atoms. The molecule has 2 rings (SSSR count). The van der Waals surface area contributed by atoms with E-state index in [1.54, 1.807) is 0 Å². The van der Waals surface area contributed by atoms with E-state index in [2.05, 4.69) is 24.1 Å². The number of aliphatic hydroxyl groups is 2. The second-order valence-electron chi connectivity index (χ2n) is 5.95.